The van der Waals surface area contributed by atoms with Crippen molar-refractivity contribution in [2.45, 2.75) is 192 Å². The molecule has 0 spiro atoms. The summed E-state index contributed by atoms with van der Waals surface area (Å²) in [5.41, 5.74) is 1.61. The van der Waals surface area contributed by atoms with E-state index in [1.807, 2.05) is 61.4 Å². The predicted molar refractivity (Wildman–Crippen MR) is 276 cm³/mol. The predicted octanol–water partition coefficient (Wildman–Crippen LogP) is 5.69. The van der Waals surface area contributed by atoms with Crippen LogP contribution < -0.4 is 0 Å². The lowest BCUT2D eigenvalue weighted by molar-refractivity contribution is -0.344. The third-order valence-electron chi connectivity index (χ3n) is 14.4. The van der Waals surface area contributed by atoms with E-state index in [0.29, 0.717) is 32.4 Å². The van der Waals surface area contributed by atoms with Crippen molar-refractivity contribution < 1.29 is 76.8 Å². The minimum atomic E-state index is -1.44. The van der Waals surface area contributed by atoms with Gasteiger partial charge < -0.3 is 67.4 Å². The number of hydrogen-bond donors (Lipinski definition) is 2. The van der Waals surface area contributed by atoms with Gasteiger partial charge in [-0.3, -0.25) is 24.2 Å². The summed E-state index contributed by atoms with van der Waals surface area (Å²) in [5, 5.41) is 24.1. The third-order valence-corrected chi connectivity index (χ3v) is 14.4. The topological polar surface area (TPSA) is 228 Å². The lowest BCUT2D eigenvalue weighted by Gasteiger charge is -2.50. The average molecular weight is 1050 g/mol. The fourth-order valence-electron chi connectivity index (χ4n) is 10.6. The molecule has 4 heterocycles. The first kappa shape index (κ1) is 61.2. The normalized spacial score (nSPS) is 33.8. The number of cyclic esters (lactones) is 1. The largest absolute Gasteiger partial charge is 0.462 e. The van der Waals surface area contributed by atoms with E-state index in [2.05, 4.69) is 11.1 Å². The molecule has 75 heavy (non-hydrogen) atoms. The Morgan fingerprint density at radius 3 is 2.32 bits per heavy atom. The molecule has 3 aliphatic rings. The van der Waals surface area contributed by atoms with E-state index < -0.39 is 127 Å². The smallest absolute Gasteiger partial charge is 0.309 e. The van der Waals surface area contributed by atoms with E-state index >= 15 is 0 Å². The summed E-state index contributed by atoms with van der Waals surface area (Å²) in [6, 6.07) is 11.1. The van der Waals surface area contributed by atoms with Gasteiger partial charge in [-0.05, 0) is 103 Å². The van der Waals surface area contributed by atoms with Crippen molar-refractivity contribution in [2.24, 2.45) is 11.8 Å². The second-order valence-corrected chi connectivity index (χ2v) is 20.8. The number of aldehydes is 1. The van der Waals surface area contributed by atoms with Gasteiger partial charge in [0.25, 0.3) is 0 Å². The molecule has 1 aromatic carbocycles. The highest BCUT2D eigenvalue weighted by Gasteiger charge is 2.54. The summed E-state index contributed by atoms with van der Waals surface area (Å²) in [5.74, 6) is -3.47. The highest BCUT2D eigenvalue weighted by atomic mass is 16.7. The van der Waals surface area contributed by atoms with Gasteiger partial charge in [-0.25, -0.2) is 0 Å². The molecule has 0 aliphatic carbocycles. The molecule has 3 fully saturated rings. The van der Waals surface area contributed by atoms with E-state index in [1.165, 1.54) is 14.0 Å². The van der Waals surface area contributed by atoms with Gasteiger partial charge in [0.2, 0.25) is 0 Å². The summed E-state index contributed by atoms with van der Waals surface area (Å²) >= 11 is 0. The molecule has 0 amide bonds. The number of carbonyl (C=O) groups is 5. The first-order valence-corrected chi connectivity index (χ1v) is 26.4. The van der Waals surface area contributed by atoms with Crippen LogP contribution in [0, 0.1) is 11.8 Å². The van der Waals surface area contributed by atoms with Crippen molar-refractivity contribution in [1.82, 2.24) is 14.8 Å². The number of carbonyl (C=O) groups excluding carboxylic acids is 5. The van der Waals surface area contributed by atoms with E-state index in [0.717, 1.165) is 23.0 Å². The molecule has 16 atom stereocenters. The van der Waals surface area contributed by atoms with Gasteiger partial charge >= 0.3 is 23.9 Å². The van der Waals surface area contributed by atoms with Gasteiger partial charge in [0, 0.05) is 70.6 Å². The molecule has 19 heteroatoms. The Labute approximate surface area is 442 Å². The van der Waals surface area contributed by atoms with Crippen molar-refractivity contribution in [2.75, 3.05) is 41.3 Å². The number of β-amino-alcohol motifs (C(OH)–C–C–N with tert-alkyl or cyclic N) is 1. The van der Waals surface area contributed by atoms with Crippen LogP contribution >= 0.6 is 0 Å². The summed E-state index contributed by atoms with van der Waals surface area (Å²) in [6.45, 7) is 12.4. The Morgan fingerprint density at radius 1 is 0.947 bits per heavy atom. The first-order valence-electron chi connectivity index (χ1n) is 26.4. The molecule has 3 aliphatic heterocycles. The number of likely N-dealkylation sites (N-methyl/N-ethyl adjacent to an activating group) is 2. The summed E-state index contributed by atoms with van der Waals surface area (Å²) in [4.78, 5) is 73.1. The van der Waals surface area contributed by atoms with Gasteiger partial charge in [0.15, 0.2) is 24.3 Å². The fraction of sp³-hybridized carbons (Fsp3) is 0.679. The number of pyridine rings is 1. The minimum absolute atomic E-state index is 0.0254. The lowest BCUT2D eigenvalue weighted by atomic mass is 9.82. The zero-order chi connectivity index (χ0) is 55.0. The molecule has 0 bridgehead atoms. The maximum atomic E-state index is 14.3. The highest BCUT2D eigenvalue weighted by molar-refractivity contribution is 5.73. The second kappa shape index (κ2) is 29.2. The molecule has 2 aromatic rings. The van der Waals surface area contributed by atoms with Crippen LogP contribution in [0.3, 0.4) is 0 Å². The van der Waals surface area contributed by atoms with Crippen molar-refractivity contribution in [3.63, 3.8) is 0 Å². The average Bonchev–Trinajstić information content (AvgIpc) is 3.35. The van der Waals surface area contributed by atoms with Crippen LogP contribution in [0.4, 0.5) is 0 Å². The zero-order valence-electron chi connectivity index (χ0n) is 45.7. The molecule has 0 saturated carbocycles. The van der Waals surface area contributed by atoms with Gasteiger partial charge in [-0.15, -0.1) is 0 Å². The third kappa shape index (κ3) is 17.4. The summed E-state index contributed by atoms with van der Waals surface area (Å²) in [7, 11) is 6.81. The van der Waals surface area contributed by atoms with Crippen LogP contribution in [-0.2, 0) is 66.6 Å². The van der Waals surface area contributed by atoms with Crippen LogP contribution in [0.15, 0.2) is 54.9 Å². The number of aromatic nitrogens is 1. The lowest BCUT2D eigenvalue weighted by Crippen LogP contribution is -2.66. The molecule has 418 valence electrons. The zero-order valence-corrected chi connectivity index (χ0v) is 45.7. The number of benzene rings is 1. The Balaban J connectivity index is 1.45. The van der Waals surface area contributed by atoms with Gasteiger partial charge in [-0.2, -0.15) is 0 Å². The van der Waals surface area contributed by atoms with E-state index in [-0.39, 0.29) is 32.1 Å². The van der Waals surface area contributed by atoms with Gasteiger partial charge in [0.1, 0.15) is 36.8 Å². The van der Waals surface area contributed by atoms with Gasteiger partial charge in [0.05, 0.1) is 36.9 Å². The number of aliphatic hydroxyl groups is 2. The molecule has 2 N–H and O–H groups in total. The molecule has 1 aromatic heterocycles. The van der Waals surface area contributed by atoms with Crippen molar-refractivity contribution in [3.05, 3.63) is 60.4 Å². The number of hydrogen-bond acceptors (Lipinski definition) is 19. The maximum Gasteiger partial charge on any atom is 0.309 e. The number of ether oxygens (including phenoxy) is 9. The minimum Gasteiger partial charge on any atom is -0.462 e. The molecule has 19 nitrogen and oxygen atoms in total. The maximum absolute atomic E-state index is 14.3. The Bertz CT molecular complexity index is 2160. The number of esters is 4. The highest BCUT2D eigenvalue weighted by Crippen LogP contribution is 2.39. The second-order valence-electron chi connectivity index (χ2n) is 20.8. The van der Waals surface area contributed by atoms with E-state index in [1.54, 1.807) is 66.0 Å². The van der Waals surface area contributed by atoms with Crippen molar-refractivity contribution in [3.8, 4) is 11.1 Å². The standard InChI is InChI=1S/C56H83N3O16/c1-12-45(63)71-44-30-47(65)70-42(22-15-19-38-18-14-20-39(29-38)41-21-16-25-57-32-41)23-17-26-59(10)33-43(62)34(3)28-40(24-27-60)52(53(44)67-11)74-55-50(66)49(58(8)9)51(35(4)69-55)73-48-31-56(7,75-37(6)61)54(36(5)68-48)72-46(64)13-2/h14-16,18-21,25,27,29,32,34-36,40,42-44,48-55,62,66H,12-13,17,22-24,26,28,30-31,33H2,1-11H3/t34-,35?,36?,40+,42+,43+,44-,48+,49?,50?,51-,52+,53+,54+,55+,56?/m1/s1. The number of nitrogens with zero attached hydrogens (tertiary/aromatic N) is 3. The van der Waals surface area contributed by atoms with Crippen molar-refractivity contribution >= 4 is 36.2 Å². The molecule has 5 rings (SSSR count). The fourth-order valence-corrected chi connectivity index (χ4v) is 10.6. The number of methoxy groups -OCH3 is 1. The van der Waals surface area contributed by atoms with E-state index in [4.69, 9.17) is 42.6 Å². The molecule has 0 radical (unpaired) electrons. The van der Waals surface area contributed by atoms with Crippen LogP contribution in [0.1, 0.15) is 112 Å². The molecule has 3 saturated heterocycles. The first-order chi connectivity index (χ1) is 35.7. The molecule has 5 unspecified atom stereocenters. The van der Waals surface area contributed by atoms with Crippen molar-refractivity contribution in [1.29, 1.82) is 0 Å². The summed E-state index contributed by atoms with van der Waals surface area (Å²) in [6.07, 6.45) is -2.90. The quantitative estimate of drug-likeness (QED) is 0.110. The number of rotatable bonds is 17. The van der Waals surface area contributed by atoms with Crippen LogP contribution in [0.5, 0.6) is 0 Å². The Hall–Kier alpha value is -4.70. The monoisotopic (exact) mass is 1050 g/mol. The molecular formula is C56H83N3O16. The SMILES string of the molecule is CCC(=O)O[C@@H]1CC(=O)O[C@@H](CC=Cc2cccc(-c3cccnc3)c2)CCCN(C)C[C@H](O)[C@H](C)C[C@H](CC=O)[C@H](O[C@@H]2OC(C)[C@@H](O[C@H]3CC(C)(OC(C)=O)[C@@H](OC(=O)CC)C(C)O3)C(N(C)C)C2O)[C@H]1OC. The summed E-state index contributed by atoms with van der Waals surface area (Å²) < 4.78 is 56.2. The van der Waals surface area contributed by atoms with Crippen LogP contribution in [-0.4, -0.2) is 182 Å². The van der Waals surface area contributed by atoms with E-state index in [9.17, 15) is 34.2 Å². The van der Waals surface area contributed by atoms with Gasteiger partial charge in [-0.1, -0.05) is 57.2 Å². The Kier molecular flexibility index (Phi) is 23.8. The van der Waals surface area contributed by atoms with Crippen LogP contribution in [0.25, 0.3) is 17.2 Å². The van der Waals surface area contributed by atoms with Crippen LogP contribution in [0.2, 0.25) is 0 Å². The number of aliphatic hydroxyl groups excluding tert-OH is 2. The Morgan fingerprint density at radius 2 is 1.67 bits per heavy atom. The molecular weight excluding hydrogens is 971 g/mol.